The van der Waals surface area contributed by atoms with Gasteiger partial charge in [-0.15, -0.1) is 0 Å². The second-order valence-corrected chi connectivity index (χ2v) is 6.78. The fraction of sp³-hybridized carbons (Fsp3) is 0.300. The van der Waals surface area contributed by atoms with E-state index < -0.39 is 0 Å². The van der Waals surface area contributed by atoms with E-state index in [1.807, 2.05) is 42.5 Å². The number of rotatable bonds is 5. The Labute approximate surface area is 152 Å². The number of nitrogens with zero attached hydrogens (tertiary/aromatic N) is 3. The van der Waals surface area contributed by atoms with Crippen LogP contribution < -0.4 is 5.32 Å². The maximum atomic E-state index is 6.35. The van der Waals surface area contributed by atoms with Gasteiger partial charge in [0.1, 0.15) is 5.82 Å². The van der Waals surface area contributed by atoms with Gasteiger partial charge in [0.2, 0.25) is 0 Å². The second kappa shape index (κ2) is 7.38. The fourth-order valence-electron chi connectivity index (χ4n) is 3.31. The summed E-state index contributed by atoms with van der Waals surface area (Å²) in [7, 11) is 0. The van der Waals surface area contributed by atoms with Crippen molar-refractivity contribution in [1.82, 2.24) is 14.9 Å². The van der Waals surface area contributed by atoms with E-state index in [1.165, 1.54) is 25.9 Å². The van der Waals surface area contributed by atoms with E-state index in [0.717, 1.165) is 35.4 Å². The SMILES string of the molecule is Clc1ccccc1-c1nc(NCCN2CCCC2)c2ccccc2n1. The zero-order chi connectivity index (χ0) is 17.1. The van der Waals surface area contributed by atoms with Gasteiger partial charge in [0.05, 0.1) is 10.5 Å². The first-order valence-electron chi connectivity index (χ1n) is 8.79. The van der Waals surface area contributed by atoms with E-state index in [9.17, 15) is 0 Å². The number of likely N-dealkylation sites (tertiary alicyclic amines) is 1. The van der Waals surface area contributed by atoms with Crippen molar-refractivity contribution in [1.29, 1.82) is 0 Å². The summed E-state index contributed by atoms with van der Waals surface area (Å²) < 4.78 is 0. The third-order valence-corrected chi connectivity index (χ3v) is 4.97. The Bertz CT molecular complexity index is 874. The predicted molar refractivity (Wildman–Crippen MR) is 104 cm³/mol. The molecule has 4 rings (SSSR count). The Hall–Kier alpha value is -2.17. The smallest absolute Gasteiger partial charge is 0.163 e. The average molecular weight is 353 g/mol. The van der Waals surface area contributed by atoms with E-state index in [-0.39, 0.29) is 0 Å². The van der Waals surface area contributed by atoms with E-state index in [4.69, 9.17) is 21.6 Å². The molecule has 1 aromatic heterocycles. The molecule has 0 atom stereocenters. The van der Waals surface area contributed by atoms with Crippen LogP contribution in [0.2, 0.25) is 5.02 Å². The summed E-state index contributed by atoms with van der Waals surface area (Å²) in [5, 5.41) is 5.22. The Balaban J connectivity index is 1.65. The fourth-order valence-corrected chi connectivity index (χ4v) is 3.53. The lowest BCUT2D eigenvalue weighted by molar-refractivity contribution is 0.352. The zero-order valence-corrected chi connectivity index (χ0v) is 14.8. The first-order chi connectivity index (χ1) is 12.3. The van der Waals surface area contributed by atoms with Crippen molar-refractivity contribution in [3.05, 3.63) is 53.6 Å². The van der Waals surface area contributed by atoms with Crippen LogP contribution in [0.4, 0.5) is 5.82 Å². The van der Waals surface area contributed by atoms with Gasteiger partial charge in [0.25, 0.3) is 0 Å². The number of halogens is 1. The Morgan fingerprint density at radius 1 is 0.960 bits per heavy atom. The van der Waals surface area contributed by atoms with Gasteiger partial charge in [0, 0.05) is 24.0 Å². The lowest BCUT2D eigenvalue weighted by Crippen LogP contribution is -2.26. The minimum atomic E-state index is 0.660. The molecule has 128 valence electrons. The zero-order valence-electron chi connectivity index (χ0n) is 14.1. The first-order valence-corrected chi connectivity index (χ1v) is 9.17. The largest absolute Gasteiger partial charge is 0.368 e. The number of fused-ring (bicyclic) bond motifs is 1. The summed E-state index contributed by atoms with van der Waals surface area (Å²) in [6.45, 7) is 4.33. The van der Waals surface area contributed by atoms with Crippen molar-refractivity contribution in [2.75, 3.05) is 31.5 Å². The maximum Gasteiger partial charge on any atom is 0.163 e. The molecular weight excluding hydrogens is 332 g/mol. The van der Waals surface area contributed by atoms with Crippen molar-refractivity contribution in [3.8, 4) is 11.4 Å². The minimum Gasteiger partial charge on any atom is -0.368 e. The molecule has 1 saturated heterocycles. The highest BCUT2D eigenvalue weighted by Gasteiger charge is 2.13. The lowest BCUT2D eigenvalue weighted by Gasteiger charge is -2.16. The summed E-state index contributed by atoms with van der Waals surface area (Å²) >= 11 is 6.35. The van der Waals surface area contributed by atoms with Crippen molar-refractivity contribution in [2.45, 2.75) is 12.8 Å². The van der Waals surface area contributed by atoms with Crippen LogP contribution in [0.1, 0.15) is 12.8 Å². The number of hydrogen-bond donors (Lipinski definition) is 1. The van der Waals surface area contributed by atoms with Crippen LogP contribution in [0.3, 0.4) is 0 Å². The molecule has 25 heavy (non-hydrogen) atoms. The molecule has 0 bridgehead atoms. The molecule has 0 aliphatic carbocycles. The summed E-state index contributed by atoms with van der Waals surface area (Å²) in [5.41, 5.74) is 1.79. The van der Waals surface area contributed by atoms with Crippen LogP contribution in [0.25, 0.3) is 22.3 Å². The number of aromatic nitrogens is 2. The monoisotopic (exact) mass is 352 g/mol. The Morgan fingerprint density at radius 2 is 1.72 bits per heavy atom. The van der Waals surface area contributed by atoms with Crippen LogP contribution in [0.5, 0.6) is 0 Å². The number of hydrogen-bond acceptors (Lipinski definition) is 4. The molecule has 1 aliphatic heterocycles. The molecule has 0 amide bonds. The van der Waals surface area contributed by atoms with E-state index in [1.54, 1.807) is 0 Å². The average Bonchev–Trinajstić information content (AvgIpc) is 3.15. The third kappa shape index (κ3) is 3.60. The summed E-state index contributed by atoms with van der Waals surface area (Å²) in [5.74, 6) is 1.53. The van der Waals surface area contributed by atoms with Gasteiger partial charge in [-0.25, -0.2) is 9.97 Å². The van der Waals surface area contributed by atoms with Crippen LogP contribution in [0.15, 0.2) is 48.5 Å². The molecule has 5 heteroatoms. The van der Waals surface area contributed by atoms with Gasteiger partial charge in [-0.1, -0.05) is 35.9 Å². The Morgan fingerprint density at radius 3 is 2.56 bits per heavy atom. The molecule has 1 N–H and O–H groups in total. The van der Waals surface area contributed by atoms with Crippen LogP contribution in [-0.4, -0.2) is 41.0 Å². The highest BCUT2D eigenvalue weighted by atomic mass is 35.5. The molecule has 0 unspecified atom stereocenters. The van der Waals surface area contributed by atoms with Crippen LogP contribution >= 0.6 is 11.6 Å². The van der Waals surface area contributed by atoms with Gasteiger partial charge in [-0.05, 0) is 50.2 Å². The molecule has 0 saturated carbocycles. The molecule has 1 aliphatic rings. The first kappa shape index (κ1) is 16.3. The Kier molecular flexibility index (Phi) is 4.81. The van der Waals surface area contributed by atoms with Gasteiger partial charge in [0.15, 0.2) is 5.82 Å². The molecular formula is C20H21ClN4. The van der Waals surface area contributed by atoms with Gasteiger partial charge >= 0.3 is 0 Å². The molecule has 4 nitrogen and oxygen atoms in total. The molecule has 1 fully saturated rings. The molecule has 0 radical (unpaired) electrons. The topological polar surface area (TPSA) is 41.1 Å². The van der Waals surface area contributed by atoms with Crippen molar-refractivity contribution in [2.24, 2.45) is 0 Å². The second-order valence-electron chi connectivity index (χ2n) is 6.37. The van der Waals surface area contributed by atoms with E-state index in [0.29, 0.717) is 10.8 Å². The van der Waals surface area contributed by atoms with Crippen LogP contribution in [-0.2, 0) is 0 Å². The lowest BCUT2D eigenvalue weighted by atomic mass is 10.2. The normalized spacial score (nSPS) is 14.9. The highest BCUT2D eigenvalue weighted by Crippen LogP contribution is 2.29. The summed E-state index contributed by atoms with van der Waals surface area (Å²) in [4.78, 5) is 12.0. The van der Waals surface area contributed by atoms with Crippen molar-refractivity contribution in [3.63, 3.8) is 0 Å². The number of benzene rings is 2. The van der Waals surface area contributed by atoms with Crippen LogP contribution in [0, 0.1) is 0 Å². The summed E-state index contributed by atoms with van der Waals surface area (Å²) in [6, 6.07) is 15.8. The van der Waals surface area contributed by atoms with E-state index >= 15 is 0 Å². The summed E-state index contributed by atoms with van der Waals surface area (Å²) in [6.07, 6.45) is 2.63. The highest BCUT2D eigenvalue weighted by molar-refractivity contribution is 6.33. The number of anilines is 1. The van der Waals surface area contributed by atoms with Gasteiger partial charge < -0.3 is 10.2 Å². The standard InChI is InChI=1S/C20H21ClN4/c21-17-9-3-1-7-15(17)20-23-18-10-4-2-8-16(18)19(24-20)22-11-14-25-12-5-6-13-25/h1-4,7-10H,5-6,11-14H2,(H,22,23,24). The molecule has 3 aromatic rings. The quantitative estimate of drug-likeness (QED) is 0.736. The third-order valence-electron chi connectivity index (χ3n) is 4.64. The van der Waals surface area contributed by atoms with Crippen molar-refractivity contribution < 1.29 is 0 Å². The van der Waals surface area contributed by atoms with Gasteiger partial charge in [-0.2, -0.15) is 0 Å². The minimum absolute atomic E-state index is 0.660. The molecule has 2 heterocycles. The number of nitrogens with one attached hydrogen (secondary N) is 1. The maximum absolute atomic E-state index is 6.35. The van der Waals surface area contributed by atoms with E-state index in [2.05, 4.69) is 16.3 Å². The molecule has 2 aromatic carbocycles. The predicted octanol–water partition coefficient (Wildman–Crippen LogP) is 4.46. The van der Waals surface area contributed by atoms with Crippen molar-refractivity contribution >= 4 is 28.3 Å². The van der Waals surface area contributed by atoms with Gasteiger partial charge in [-0.3, -0.25) is 0 Å². The molecule has 0 spiro atoms. The number of para-hydroxylation sites is 1.